The lowest BCUT2D eigenvalue weighted by Gasteiger charge is -2.05. The van der Waals surface area contributed by atoms with Gasteiger partial charge in [0.1, 0.15) is 11.2 Å². The Kier molecular flexibility index (Phi) is 3.42. The number of nitrogens with zero attached hydrogens (tertiary/aromatic N) is 4. The molecule has 0 aromatic carbocycles. The third-order valence-electron chi connectivity index (χ3n) is 3.15. The number of hydrogen-bond acceptors (Lipinski definition) is 5. The number of aryl methyl sites for hydroxylation is 1. The largest absolute Gasteiger partial charge is 0.306 e. The van der Waals surface area contributed by atoms with E-state index in [1.54, 1.807) is 33.8 Å². The minimum absolute atomic E-state index is 0.150. The predicted molar refractivity (Wildman–Crippen MR) is 84.3 cm³/mol. The van der Waals surface area contributed by atoms with Crippen LogP contribution in [0.5, 0.6) is 0 Å². The van der Waals surface area contributed by atoms with Crippen LogP contribution in [0.2, 0.25) is 0 Å². The number of H-pyrrole nitrogens is 1. The van der Waals surface area contributed by atoms with Crippen LogP contribution in [0, 0.1) is 6.92 Å². The van der Waals surface area contributed by atoms with Crippen molar-refractivity contribution in [2.24, 2.45) is 0 Å². The molecule has 0 saturated heterocycles. The van der Waals surface area contributed by atoms with Crippen LogP contribution in [0.1, 0.15) is 36.3 Å². The van der Waals surface area contributed by atoms with Crippen LogP contribution in [0.15, 0.2) is 16.5 Å². The number of hydrogen-bond donors (Lipinski definition) is 1. The molecule has 0 aliphatic heterocycles. The quantitative estimate of drug-likeness (QED) is 0.807. The van der Waals surface area contributed by atoms with E-state index < -0.39 is 0 Å². The highest BCUT2D eigenvalue weighted by Crippen LogP contribution is 2.16. The van der Waals surface area contributed by atoms with E-state index in [-0.39, 0.29) is 11.6 Å². The summed E-state index contributed by atoms with van der Waals surface area (Å²) in [6, 6.07) is 0.150. The molecule has 0 spiro atoms. The van der Waals surface area contributed by atoms with Crippen LogP contribution in [0.3, 0.4) is 0 Å². The van der Waals surface area contributed by atoms with Gasteiger partial charge in [-0.25, -0.2) is 14.6 Å². The molecule has 0 radical (unpaired) electrons. The monoisotopic (exact) mass is 301 g/mol. The number of aromatic nitrogens is 5. The van der Waals surface area contributed by atoms with E-state index in [2.05, 4.69) is 20.1 Å². The Balaban J connectivity index is 2.07. The van der Waals surface area contributed by atoms with E-state index in [1.165, 1.54) is 0 Å². The van der Waals surface area contributed by atoms with Gasteiger partial charge in [-0.15, -0.1) is 11.3 Å². The molecule has 0 saturated carbocycles. The molecule has 3 aromatic heterocycles. The van der Waals surface area contributed by atoms with Gasteiger partial charge in [0.2, 0.25) is 0 Å². The number of aromatic amines is 1. The smallest absolute Gasteiger partial charge is 0.262 e. The second kappa shape index (κ2) is 5.25. The van der Waals surface area contributed by atoms with E-state index in [4.69, 9.17) is 0 Å². The Bertz CT molecular complexity index is 871. The zero-order valence-corrected chi connectivity index (χ0v) is 12.8. The van der Waals surface area contributed by atoms with Gasteiger partial charge in [0.15, 0.2) is 5.65 Å². The standard InChI is InChI=1S/C14H15N5OS/c1-8(2)19-13-10(6-16-19)14(20)18-12(17-13)5-4-11-9(3)15-7-21-11/h4-8H,1-3H3,(H,17,18,20). The van der Waals surface area contributed by atoms with Gasteiger partial charge < -0.3 is 4.98 Å². The predicted octanol–water partition coefficient (Wildman–Crippen LogP) is 2.64. The van der Waals surface area contributed by atoms with Gasteiger partial charge in [0.05, 0.1) is 17.4 Å². The van der Waals surface area contributed by atoms with Crippen molar-refractivity contribution in [3.63, 3.8) is 0 Å². The van der Waals surface area contributed by atoms with Crippen LogP contribution in [0.25, 0.3) is 23.2 Å². The zero-order chi connectivity index (χ0) is 15.0. The lowest BCUT2D eigenvalue weighted by atomic mass is 10.3. The van der Waals surface area contributed by atoms with E-state index in [9.17, 15) is 4.79 Å². The first-order valence-corrected chi connectivity index (χ1v) is 7.50. The summed E-state index contributed by atoms with van der Waals surface area (Å²) in [4.78, 5) is 24.6. The van der Waals surface area contributed by atoms with Crippen LogP contribution >= 0.6 is 11.3 Å². The maximum absolute atomic E-state index is 12.1. The second-order valence-corrected chi connectivity index (χ2v) is 5.89. The second-order valence-electron chi connectivity index (χ2n) is 5.01. The van der Waals surface area contributed by atoms with Crippen LogP contribution < -0.4 is 5.56 Å². The molecule has 0 atom stereocenters. The van der Waals surface area contributed by atoms with Crippen LogP contribution in [0.4, 0.5) is 0 Å². The maximum Gasteiger partial charge on any atom is 0.262 e. The summed E-state index contributed by atoms with van der Waals surface area (Å²) < 4.78 is 1.75. The molecule has 1 N–H and O–H groups in total. The van der Waals surface area contributed by atoms with Gasteiger partial charge in [-0.3, -0.25) is 4.79 Å². The molecule has 0 aliphatic carbocycles. The molecule has 21 heavy (non-hydrogen) atoms. The maximum atomic E-state index is 12.1. The highest BCUT2D eigenvalue weighted by molar-refractivity contribution is 7.10. The van der Waals surface area contributed by atoms with Crippen molar-refractivity contribution >= 4 is 34.5 Å². The number of thiazole rings is 1. The average Bonchev–Trinajstić information content (AvgIpc) is 3.02. The summed E-state index contributed by atoms with van der Waals surface area (Å²) in [5.41, 5.74) is 3.19. The first-order valence-electron chi connectivity index (χ1n) is 6.62. The molecular formula is C14H15N5OS. The molecular weight excluding hydrogens is 286 g/mol. The lowest BCUT2D eigenvalue weighted by molar-refractivity contribution is 0.546. The summed E-state index contributed by atoms with van der Waals surface area (Å²) in [6.07, 6.45) is 5.26. The summed E-state index contributed by atoms with van der Waals surface area (Å²) in [7, 11) is 0. The minimum Gasteiger partial charge on any atom is -0.306 e. The molecule has 3 heterocycles. The van der Waals surface area contributed by atoms with Crippen molar-refractivity contribution in [1.29, 1.82) is 0 Å². The normalized spacial score (nSPS) is 12.0. The van der Waals surface area contributed by atoms with Gasteiger partial charge in [-0.05, 0) is 32.9 Å². The van der Waals surface area contributed by atoms with Crippen molar-refractivity contribution in [2.45, 2.75) is 26.8 Å². The highest BCUT2D eigenvalue weighted by Gasteiger charge is 2.11. The number of nitrogens with one attached hydrogen (secondary N) is 1. The SMILES string of the molecule is Cc1ncsc1C=Cc1nc2c(cnn2C(C)C)c(=O)[nH]1. The van der Waals surface area contributed by atoms with Crippen molar-refractivity contribution in [3.8, 4) is 0 Å². The topological polar surface area (TPSA) is 76.5 Å². The Morgan fingerprint density at radius 2 is 2.19 bits per heavy atom. The van der Waals surface area contributed by atoms with Gasteiger partial charge in [0.25, 0.3) is 5.56 Å². The van der Waals surface area contributed by atoms with Crippen molar-refractivity contribution in [1.82, 2.24) is 24.7 Å². The highest BCUT2D eigenvalue weighted by atomic mass is 32.1. The number of fused-ring (bicyclic) bond motifs is 1. The summed E-state index contributed by atoms with van der Waals surface area (Å²) in [6.45, 7) is 5.96. The Morgan fingerprint density at radius 3 is 2.86 bits per heavy atom. The van der Waals surface area contributed by atoms with E-state index >= 15 is 0 Å². The molecule has 0 aliphatic rings. The first kappa shape index (κ1) is 13.7. The van der Waals surface area contributed by atoms with Gasteiger partial charge in [-0.2, -0.15) is 5.10 Å². The average molecular weight is 301 g/mol. The molecule has 0 unspecified atom stereocenters. The van der Waals surface area contributed by atoms with Gasteiger partial charge >= 0.3 is 0 Å². The summed E-state index contributed by atoms with van der Waals surface area (Å²) in [5, 5.41) is 4.73. The van der Waals surface area contributed by atoms with Crippen molar-refractivity contribution < 1.29 is 0 Å². The van der Waals surface area contributed by atoms with Crippen molar-refractivity contribution in [2.75, 3.05) is 0 Å². The van der Waals surface area contributed by atoms with E-state index in [0.717, 1.165) is 10.6 Å². The molecule has 3 rings (SSSR count). The Morgan fingerprint density at radius 1 is 1.38 bits per heavy atom. The summed E-state index contributed by atoms with van der Waals surface area (Å²) >= 11 is 1.55. The van der Waals surface area contributed by atoms with Crippen LogP contribution in [-0.4, -0.2) is 24.7 Å². The molecule has 0 fully saturated rings. The molecule has 0 amide bonds. The lowest BCUT2D eigenvalue weighted by Crippen LogP contribution is -2.11. The molecule has 3 aromatic rings. The number of rotatable bonds is 3. The summed E-state index contributed by atoms with van der Waals surface area (Å²) in [5.74, 6) is 0.516. The van der Waals surface area contributed by atoms with Crippen LogP contribution in [-0.2, 0) is 0 Å². The van der Waals surface area contributed by atoms with Gasteiger partial charge in [-0.1, -0.05) is 0 Å². The first-order chi connectivity index (χ1) is 10.1. The minimum atomic E-state index is -0.174. The molecule has 0 bridgehead atoms. The Labute approximate surface area is 125 Å². The Hall–Kier alpha value is -2.28. The fourth-order valence-electron chi connectivity index (χ4n) is 2.04. The molecule has 7 heteroatoms. The van der Waals surface area contributed by atoms with E-state index in [0.29, 0.717) is 16.9 Å². The third kappa shape index (κ3) is 2.52. The molecule has 108 valence electrons. The fourth-order valence-corrected chi connectivity index (χ4v) is 2.73. The fraction of sp³-hybridized carbons (Fsp3) is 0.286. The van der Waals surface area contributed by atoms with Crippen molar-refractivity contribution in [3.05, 3.63) is 38.5 Å². The molecule has 6 nitrogen and oxygen atoms in total. The third-order valence-corrected chi connectivity index (χ3v) is 4.04. The van der Waals surface area contributed by atoms with Gasteiger partial charge in [0, 0.05) is 10.9 Å². The zero-order valence-electron chi connectivity index (χ0n) is 12.0. The van der Waals surface area contributed by atoms with E-state index in [1.807, 2.05) is 26.8 Å².